The molecule has 0 atom stereocenters. The van der Waals surface area contributed by atoms with Gasteiger partial charge in [0.15, 0.2) is 5.89 Å². The largest absolute Gasteiger partial charge is 0.448 e. The standard InChI is InChI=1S/C9H8N2OS/c1-2-3-8-11-7(6-12-8)9-10-4-5-13-9/h2,4-6H,1,3H2. The lowest BCUT2D eigenvalue weighted by Crippen LogP contribution is -1.80. The third-order valence-corrected chi connectivity index (χ3v) is 2.32. The van der Waals surface area contributed by atoms with Crippen molar-refractivity contribution in [1.82, 2.24) is 9.97 Å². The van der Waals surface area contributed by atoms with E-state index >= 15 is 0 Å². The van der Waals surface area contributed by atoms with E-state index < -0.39 is 0 Å². The molecule has 4 heteroatoms. The van der Waals surface area contributed by atoms with Crippen molar-refractivity contribution in [3.05, 3.63) is 36.4 Å². The van der Waals surface area contributed by atoms with Crippen molar-refractivity contribution in [3.8, 4) is 10.7 Å². The van der Waals surface area contributed by atoms with Gasteiger partial charge in [-0.25, -0.2) is 9.97 Å². The van der Waals surface area contributed by atoms with E-state index in [4.69, 9.17) is 4.42 Å². The summed E-state index contributed by atoms with van der Waals surface area (Å²) in [7, 11) is 0. The van der Waals surface area contributed by atoms with Crippen LogP contribution in [-0.2, 0) is 6.42 Å². The molecule has 0 bridgehead atoms. The first-order valence-electron chi connectivity index (χ1n) is 3.85. The fourth-order valence-electron chi connectivity index (χ4n) is 0.976. The third-order valence-electron chi connectivity index (χ3n) is 1.52. The molecule has 2 aromatic heterocycles. The highest BCUT2D eigenvalue weighted by Crippen LogP contribution is 2.20. The van der Waals surface area contributed by atoms with E-state index in [9.17, 15) is 0 Å². The van der Waals surface area contributed by atoms with Crippen LogP contribution >= 0.6 is 11.3 Å². The third kappa shape index (κ3) is 1.67. The summed E-state index contributed by atoms with van der Waals surface area (Å²) >= 11 is 1.55. The first-order valence-corrected chi connectivity index (χ1v) is 4.73. The molecule has 2 aromatic rings. The minimum Gasteiger partial charge on any atom is -0.448 e. The molecule has 0 radical (unpaired) electrons. The topological polar surface area (TPSA) is 38.9 Å². The van der Waals surface area contributed by atoms with Crippen molar-refractivity contribution < 1.29 is 4.42 Å². The maximum absolute atomic E-state index is 5.21. The highest BCUT2D eigenvalue weighted by atomic mass is 32.1. The number of hydrogen-bond donors (Lipinski definition) is 0. The molecule has 0 saturated heterocycles. The highest BCUT2D eigenvalue weighted by molar-refractivity contribution is 7.13. The van der Waals surface area contributed by atoms with Crippen LogP contribution in [0.4, 0.5) is 0 Å². The number of aromatic nitrogens is 2. The Balaban J connectivity index is 2.28. The zero-order chi connectivity index (χ0) is 9.10. The number of hydrogen-bond acceptors (Lipinski definition) is 4. The summed E-state index contributed by atoms with van der Waals surface area (Å²) in [6.07, 6.45) is 5.79. The van der Waals surface area contributed by atoms with Crippen LogP contribution in [0.3, 0.4) is 0 Å². The van der Waals surface area contributed by atoms with Gasteiger partial charge in [-0.2, -0.15) is 0 Å². The van der Waals surface area contributed by atoms with Crippen molar-refractivity contribution in [2.75, 3.05) is 0 Å². The minimum atomic E-state index is 0.658. The number of rotatable bonds is 3. The zero-order valence-corrected chi connectivity index (χ0v) is 7.75. The van der Waals surface area contributed by atoms with Crippen LogP contribution in [0.5, 0.6) is 0 Å². The van der Waals surface area contributed by atoms with Gasteiger partial charge in [0, 0.05) is 18.0 Å². The van der Waals surface area contributed by atoms with Gasteiger partial charge < -0.3 is 4.42 Å². The Morgan fingerprint density at radius 3 is 3.23 bits per heavy atom. The quantitative estimate of drug-likeness (QED) is 0.701. The smallest absolute Gasteiger partial charge is 0.198 e. The van der Waals surface area contributed by atoms with Gasteiger partial charge >= 0.3 is 0 Å². The molecule has 0 aliphatic heterocycles. The van der Waals surface area contributed by atoms with E-state index in [0.29, 0.717) is 12.3 Å². The molecule has 0 aliphatic carbocycles. The average molecular weight is 192 g/mol. The molecule has 13 heavy (non-hydrogen) atoms. The van der Waals surface area contributed by atoms with Gasteiger partial charge in [-0.1, -0.05) is 6.08 Å². The van der Waals surface area contributed by atoms with Crippen LogP contribution in [-0.4, -0.2) is 9.97 Å². The minimum absolute atomic E-state index is 0.658. The summed E-state index contributed by atoms with van der Waals surface area (Å²) in [5, 5.41) is 2.80. The lowest BCUT2D eigenvalue weighted by molar-refractivity contribution is 0.509. The first-order chi connectivity index (χ1) is 6.40. The van der Waals surface area contributed by atoms with Crippen molar-refractivity contribution in [3.63, 3.8) is 0 Å². The first kappa shape index (κ1) is 8.19. The summed E-state index contributed by atoms with van der Waals surface area (Å²) in [5.74, 6) is 0.681. The molecule has 0 unspecified atom stereocenters. The Kier molecular flexibility index (Phi) is 2.23. The molecule has 2 heterocycles. The summed E-state index contributed by atoms with van der Waals surface area (Å²) in [6, 6.07) is 0. The van der Waals surface area contributed by atoms with E-state index in [1.165, 1.54) is 0 Å². The SMILES string of the molecule is C=CCc1nc(-c2nccs2)co1. The second-order valence-electron chi connectivity index (χ2n) is 2.46. The van der Waals surface area contributed by atoms with E-state index in [2.05, 4.69) is 16.5 Å². The lowest BCUT2D eigenvalue weighted by Gasteiger charge is -1.83. The number of allylic oxidation sites excluding steroid dienone is 1. The van der Waals surface area contributed by atoms with E-state index in [0.717, 1.165) is 10.7 Å². The normalized spacial score (nSPS) is 10.2. The van der Waals surface area contributed by atoms with Crippen molar-refractivity contribution in [2.45, 2.75) is 6.42 Å². The Morgan fingerprint density at radius 2 is 2.54 bits per heavy atom. The van der Waals surface area contributed by atoms with E-state index in [1.54, 1.807) is 29.9 Å². The maximum Gasteiger partial charge on any atom is 0.198 e. The predicted octanol–water partition coefficient (Wildman–Crippen LogP) is 2.53. The summed E-state index contributed by atoms with van der Waals surface area (Å²) in [5.41, 5.74) is 0.798. The fourth-order valence-corrected chi connectivity index (χ4v) is 1.56. The summed E-state index contributed by atoms with van der Waals surface area (Å²) in [4.78, 5) is 8.38. The molecule has 2 rings (SSSR count). The molecule has 0 spiro atoms. The van der Waals surface area contributed by atoms with Gasteiger partial charge in [-0.05, 0) is 0 Å². The molecule has 0 fully saturated rings. The lowest BCUT2D eigenvalue weighted by atomic mass is 10.4. The average Bonchev–Trinajstić information content (AvgIpc) is 2.70. The molecule has 3 nitrogen and oxygen atoms in total. The maximum atomic E-state index is 5.21. The van der Waals surface area contributed by atoms with Crippen molar-refractivity contribution in [1.29, 1.82) is 0 Å². The van der Waals surface area contributed by atoms with Crippen molar-refractivity contribution in [2.24, 2.45) is 0 Å². The van der Waals surface area contributed by atoms with Gasteiger partial charge in [0.05, 0.1) is 0 Å². The van der Waals surface area contributed by atoms with Crippen molar-refractivity contribution >= 4 is 11.3 Å². The number of oxazole rings is 1. The molecule has 66 valence electrons. The van der Waals surface area contributed by atoms with Crippen LogP contribution in [0.2, 0.25) is 0 Å². The van der Waals surface area contributed by atoms with Gasteiger partial charge in [-0.15, -0.1) is 17.9 Å². The van der Waals surface area contributed by atoms with Crippen LogP contribution in [0.25, 0.3) is 10.7 Å². The van der Waals surface area contributed by atoms with Crippen LogP contribution in [0, 0.1) is 0 Å². The molecule has 0 saturated carbocycles. The van der Waals surface area contributed by atoms with Gasteiger partial charge in [-0.3, -0.25) is 0 Å². The monoisotopic (exact) mass is 192 g/mol. The fraction of sp³-hybridized carbons (Fsp3) is 0.111. The second kappa shape index (κ2) is 3.53. The van der Waals surface area contributed by atoms with Crippen LogP contribution in [0.15, 0.2) is 34.9 Å². The molecule has 0 amide bonds. The predicted molar refractivity (Wildman–Crippen MR) is 51.5 cm³/mol. The zero-order valence-electron chi connectivity index (χ0n) is 6.93. The van der Waals surface area contributed by atoms with Crippen LogP contribution < -0.4 is 0 Å². The molecule has 0 aliphatic rings. The number of nitrogens with zero attached hydrogens (tertiary/aromatic N) is 2. The Morgan fingerprint density at radius 1 is 1.62 bits per heavy atom. The van der Waals surface area contributed by atoms with Gasteiger partial charge in [0.25, 0.3) is 0 Å². The van der Waals surface area contributed by atoms with E-state index in [1.807, 2.05) is 5.38 Å². The Labute approximate surface area is 79.8 Å². The van der Waals surface area contributed by atoms with Gasteiger partial charge in [0.2, 0.25) is 0 Å². The van der Waals surface area contributed by atoms with Gasteiger partial charge in [0.1, 0.15) is 17.0 Å². The Hall–Kier alpha value is -1.42. The second-order valence-corrected chi connectivity index (χ2v) is 3.35. The Bertz CT molecular complexity index is 391. The summed E-state index contributed by atoms with van der Waals surface area (Å²) in [6.45, 7) is 3.61. The number of thiazole rings is 1. The molecular formula is C9H8N2OS. The molecular weight excluding hydrogens is 184 g/mol. The highest BCUT2D eigenvalue weighted by Gasteiger charge is 2.06. The summed E-state index contributed by atoms with van der Waals surface area (Å²) < 4.78 is 5.21. The molecule has 0 aromatic carbocycles. The molecule has 0 N–H and O–H groups in total. The van der Waals surface area contributed by atoms with E-state index in [-0.39, 0.29) is 0 Å². The van der Waals surface area contributed by atoms with Crippen LogP contribution in [0.1, 0.15) is 5.89 Å².